The molecule has 1 rings (SSSR count). The first-order valence-corrected chi connectivity index (χ1v) is 6.80. The summed E-state index contributed by atoms with van der Waals surface area (Å²) in [4.78, 5) is 27.4. The molecule has 0 aromatic rings. The quantitative estimate of drug-likeness (QED) is 0.673. The smallest absolute Gasteiger partial charge is 0.242 e. The lowest BCUT2D eigenvalue weighted by molar-refractivity contribution is -0.145. The maximum absolute atomic E-state index is 12.5. The molecule has 0 aromatic carbocycles. The Kier molecular flexibility index (Phi) is 6.90. The van der Waals surface area contributed by atoms with Crippen LogP contribution in [0.2, 0.25) is 0 Å². The standard InChI is InChI=1S/C13H25N3O4/c1-10-12(14-5-7-20-10)13(18)16(6-8-19-4)9-11(17)15(2)3/h10,12,14H,5-9H2,1-4H3/t10-,12+/m1/s1. The first-order valence-electron chi connectivity index (χ1n) is 6.80. The molecule has 7 heteroatoms. The summed E-state index contributed by atoms with van der Waals surface area (Å²) in [7, 11) is 4.92. The molecule has 0 saturated carbocycles. The van der Waals surface area contributed by atoms with Gasteiger partial charge in [-0.1, -0.05) is 0 Å². The fraction of sp³-hybridized carbons (Fsp3) is 0.846. The highest BCUT2D eigenvalue weighted by Crippen LogP contribution is 2.08. The summed E-state index contributed by atoms with van der Waals surface area (Å²) in [5, 5.41) is 3.15. The van der Waals surface area contributed by atoms with Crippen molar-refractivity contribution < 1.29 is 19.1 Å². The van der Waals surface area contributed by atoms with Gasteiger partial charge in [0.1, 0.15) is 6.04 Å². The largest absolute Gasteiger partial charge is 0.383 e. The molecular formula is C13H25N3O4. The summed E-state index contributed by atoms with van der Waals surface area (Å²) in [6.45, 7) is 3.94. The van der Waals surface area contributed by atoms with Crippen LogP contribution in [0.1, 0.15) is 6.92 Å². The van der Waals surface area contributed by atoms with Crippen molar-refractivity contribution in [3.8, 4) is 0 Å². The van der Waals surface area contributed by atoms with Crippen molar-refractivity contribution in [2.24, 2.45) is 0 Å². The minimum atomic E-state index is -0.407. The molecule has 0 aliphatic carbocycles. The van der Waals surface area contributed by atoms with Crippen LogP contribution in [0.3, 0.4) is 0 Å². The number of hydrogen-bond donors (Lipinski definition) is 1. The van der Waals surface area contributed by atoms with Crippen LogP contribution in [0, 0.1) is 0 Å². The Balaban J connectivity index is 2.69. The van der Waals surface area contributed by atoms with Crippen molar-refractivity contribution in [2.45, 2.75) is 19.1 Å². The number of amides is 2. The van der Waals surface area contributed by atoms with Gasteiger partial charge in [0.25, 0.3) is 0 Å². The van der Waals surface area contributed by atoms with Crippen molar-refractivity contribution in [2.75, 3.05) is 54.1 Å². The van der Waals surface area contributed by atoms with E-state index in [0.717, 1.165) is 0 Å². The molecule has 1 saturated heterocycles. The lowest BCUT2D eigenvalue weighted by Crippen LogP contribution is -2.58. The van der Waals surface area contributed by atoms with Crippen LogP contribution in [0.5, 0.6) is 0 Å². The minimum Gasteiger partial charge on any atom is -0.383 e. The maximum atomic E-state index is 12.5. The molecule has 0 spiro atoms. The summed E-state index contributed by atoms with van der Waals surface area (Å²) < 4.78 is 10.5. The van der Waals surface area contributed by atoms with Crippen molar-refractivity contribution in [1.29, 1.82) is 0 Å². The molecule has 0 radical (unpaired) electrons. The molecule has 0 unspecified atom stereocenters. The van der Waals surface area contributed by atoms with E-state index < -0.39 is 6.04 Å². The number of hydrogen-bond acceptors (Lipinski definition) is 5. The third kappa shape index (κ3) is 4.73. The second kappa shape index (κ2) is 8.18. The normalized spacial score (nSPS) is 22.4. The Hall–Kier alpha value is -1.18. The zero-order valence-corrected chi connectivity index (χ0v) is 12.7. The predicted molar refractivity (Wildman–Crippen MR) is 74.4 cm³/mol. The average molecular weight is 287 g/mol. The van der Waals surface area contributed by atoms with Crippen LogP contribution in [0.4, 0.5) is 0 Å². The van der Waals surface area contributed by atoms with Crippen molar-refractivity contribution >= 4 is 11.8 Å². The highest BCUT2D eigenvalue weighted by atomic mass is 16.5. The molecule has 1 aliphatic heterocycles. The Bertz CT molecular complexity index is 336. The van der Waals surface area contributed by atoms with Gasteiger partial charge >= 0.3 is 0 Å². The monoisotopic (exact) mass is 287 g/mol. The molecule has 0 bridgehead atoms. The molecule has 116 valence electrons. The van der Waals surface area contributed by atoms with Gasteiger partial charge in [-0.2, -0.15) is 0 Å². The zero-order valence-electron chi connectivity index (χ0n) is 12.7. The number of rotatable bonds is 6. The van der Waals surface area contributed by atoms with E-state index in [-0.39, 0.29) is 24.5 Å². The third-order valence-corrected chi connectivity index (χ3v) is 3.28. The molecule has 1 fully saturated rings. The second-order valence-corrected chi connectivity index (χ2v) is 5.05. The third-order valence-electron chi connectivity index (χ3n) is 3.28. The van der Waals surface area contributed by atoms with E-state index in [1.807, 2.05) is 6.92 Å². The Labute approximate surface area is 120 Å². The van der Waals surface area contributed by atoms with Gasteiger partial charge < -0.3 is 24.6 Å². The summed E-state index contributed by atoms with van der Waals surface area (Å²) in [6.07, 6.45) is -0.198. The molecule has 20 heavy (non-hydrogen) atoms. The lowest BCUT2D eigenvalue weighted by atomic mass is 10.1. The van der Waals surface area contributed by atoms with Crippen LogP contribution in [0.25, 0.3) is 0 Å². The van der Waals surface area contributed by atoms with Crippen LogP contribution in [-0.4, -0.2) is 87.8 Å². The zero-order chi connectivity index (χ0) is 15.1. The average Bonchev–Trinajstić information content (AvgIpc) is 2.42. The number of nitrogens with zero attached hydrogens (tertiary/aromatic N) is 2. The first kappa shape index (κ1) is 16.9. The van der Waals surface area contributed by atoms with Gasteiger partial charge in [-0.15, -0.1) is 0 Å². The summed E-state index contributed by atoms with van der Waals surface area (Å²) in [5.74, 6) is -0.233. The topological polar surface area (TPSA) is 71.1 Å². The van der Waals surface area contributed by atoms with Crippen LogP contribution in [-0.2, 0) is 19.1 Å². The number of methoxy groups -OCH3 is 1. The van der Waals surface area contributed by atoms with E-state index in [1.54, 1.807) is 21.2 Å². The Morgan fingerprint density at radius 3 is 2.65 bits per heavy atom. The molecule has 1 N–H and O–H groups in total. The maximum Gasteiger partial charge on any atom is 0.242 e. The van der Waals surface area contributed by atoms with Crippen molar-refractivity contribution in [3.05, 3.63) is 0 Å². The van der Waals surface area contributed by atoms with Crippen molar-refractivity contribution in [3.63, 3.8) is 0 Å². The highest BCUT2D eigenvalue weighted by molar-refractivity contribution is 5.87. The molecule has 2 atom stereocenters. The van der Waals surface area contributed by atoms with Gasteiger partial charge in [0.05, 0.1) is 25.9 Å². The molecule has 1 aliphatic rings. The molecule has 0 aromatic heterocycles. The van der Waals surface area contributed by atoms with Gasteiger partial charge in [0, 0.05) is 34.3 Å². The fourth-order valence-corrected chi connectivity index (χ4v) is 1.98. The minimum absolute atomic E-state index is 0.0556. The number of ether oxygens (including phenoxy) is 2. The van der Waals surface area contributed by atoms with E-state index >= 15 is 0 Å². The summed E-state index contributed by atoms with van der Waals surface area (Å²) >= 11 is 0. The SMILES string of the molecule is COCCN(CC(=O)N(C)C)C(=O)[C@H]1NCCO[C@@H]1C. The Morgan fingerprint density at radius 2 is 2.10 bits per heavy atom. The van der Waals surface area contributed by atoms with E-state index in [4.69, 9.17) is 9.47 Å². The highest BCUT2D eigenvalue weighted by Gasteiger charge is 2.32. The van der Waals surface area contributed by atoms with Crippen LogP contribution < -0.4 is 5.32 Å². The number of likely N-dealkylation sites (N-methyl/N-ethyl adjacent to an activating group) is 1. The van der Waals surface area contributed by atoms with E-state index in [1.165, 1.54) is 9.80 Å². The first-order chi connectivity index (χ1) is 9.47. The van der Waals surface area contributed by atoms with E-state index in [2.05, 4.69) is 5.32 Å². The lowest BCUT2D eigenvalue weighted by Gasteiger charge is -2.34. The Morgan fingerprint density at radius 1 is 1.40 bits per heavy atom. The molecule has 7 nitrogen and oxygen atoms in total. The molecular weight excluding hydrogens is 262 g/mol. The summed E-state index contributed by atoms with van der Waals surface area (Å²) in [6, 6.07) is -0.407. The number of morpholine rings is 1. The molecule has 2 amide bonds. The number of carbonyl (C=O) groups excluding carboxylic acids is 2. The van der Waals surface area contributed by atoms with Gasteiger partial charge in [0.15, 0.2) is 0 Å². The molecule has 1 heterocycles. The fourth-order valence-electron chi connectivity index (χ4n) is 1.98. The second-order valence-electron chi connectivity index (χ2n) is 5.05. The van der Waals surface area contributed by atoms with Crippen LogP contribution >= 0.6 is 0 Å². The van der Waals surface area contributed by atoms with Gasteiger partial charge in [-0.05, 0) is 6.92 Å². The van der Waals surface area contributed by atoms with E-state index in [9.17, 15) is 9.59 Å². The van der Waals surface area contributed by atoms with Gasteiger partial charge in [0.2, 0.25) is 11.8 Å². The number of nitrogens with one attached hydrogen (secondary N) is 1. The van der Waals surface area contributed by atoms with Gasteiger partial charge in [-0.3, -0.25) is 9.59 Å². The predicted octanol–water partition coefficient (Wildman–Crippen LogP) is -1.07. The number of carbonyl (C=O) groups is 2. The van der Waals surface area contributed by atoms with E-state index in [0.29, 0.717) is 26.3 Å². The van der Waals surface area contributed by atoms with Crippen molar-refractivity contribution in [1.82, 2.24) is 15.1 Å². The van der Waals surface area contributed by atoms with Crippen LogP contribution in [0.15, 0.2) is 0 Å². The summed E-state index contributed by atoms with van der Waals surface area (Å²) in [5.41, 5.74) is 0. The van der Waals surface area contributed by atoms with Gasteiger partial charge in [-0.25, -0.2) is 0 Å².